The molecule has 1 aliphatic heterocycles. The molecular formula is C24H31N7O2. The molecule has 0 saturated carbocycles. The summed E-state index contributed by atoms with van der Waals surface area (Å²) in [4.78, 5) is 28.4. The van der Waals surface area contributed by atoms with Crippen LogP contribution in [0.3, 0.4) is 0 Å². The number of hydrogen-bond acceptors (Lipinski definition) is 7. The summed E-state index contributed by atoms with van der Waals surface area (Å²) in [5.74, 6) is 1.40. The van der Waals surface area contributed by atoms with Crippen LogP contribution in [0.4, 0.5) is 5.82 Å². The van der Waals surface area contributed by atoms with Crippen molar-refractivity contribution in [3.05, 3.63) is 58.3 Å². The van der Waals surface area contributed by atoms with Crippen molar-refractivity contribution in [3.8, 4) is 5.95 Å². The predicted molar refractivity (Wildman–Crippen MR) is 126 cm³/mol. The van der Waals surface area contributed by atoms with E-state index < -0.39 is 0 Å². The van der Waals surface area contributed by atoms with Gasteiger partial charge in [0.25, 0.3) is 5.95 Å². The molecule has 1 atom stereocenters. The van der Waals surface area contributed by atoms with Gasteiger partial charge in [0.2, 0.25) is 5.91 Å². The molecule has 4 rings (SSSR count). The van der Waals surface area contributed by atoms with Crippen LogP contribution in [-0.2, 0) is 22.5 Å². The number of aromatic nitrogens is 5. The zero-order valence-electron chi connectivity index (χ0n) is 19.9. The van der Waals surface area contributed by atoms with Gasteiger partial charge in [-0.1, -0.05) is 6.07 Å². The van der Waals surface area contributed by atoms with Gasteiger partial charge in [0, 0.05) is 48.5 Å². The van der Waals surface area contributed by atoms with Crippen LogP contribution in [-0.4, -0.2) is 56.4 Å². The number of nitrogens with one attached hydrogen (secondary N) is 1. The maximum atomic E-state index is 12.7. The van der Waals surface area contributed by atoms with Crippen molar-refractivity contribution in [2.45, 2.75) is 53.7 Å². The number of amides is 1. The molecule has 0 bridgehead atoms. The topological polar surface area (TPSA) is 98.1 Å². The third-order valence-electron chi connectivity index (χ3n) is 5.80. The lowest BCUT2D eigenvalue weighted by atomic mass is 10.1. The summed E-state index contributed by atoms with van der Waals surface area (Å²) in [6.45, 7) is 12.6. The van der Waals surface area contributed by atoms with Crippen molar-refractivity contribution in [2.75, 3.05) is 24.6 Å². The Morgan fingerprint density at radius 3 is 2.61 bits per heavy atom. The number of carbonyl (C=O) groups excluding carboxylic acids is 1. The normalized spacial score (nSPS) is 16.2. The summed E-state index contributed by atoms with van der Waals surface area (Å²) in [5, 5.41) is 7.58. The molecule has 9 nitrogen and oxygen atoms in total. The Morgan fingerprint density at radius 1 is 1.18 bits per heavy atom. The fourth-order valence-electron chi connectivity index (χ4n) is 4.09. The molecule has 1 saturated heterocycles. The van der Waals surface area contributed by atoms with Crippen LogP contribution < -0.4 is 10.2 Å². The first-order valence-corrected chi connectivity index (χ1v) is 11.3. The van der Waals surface area contributed by atoms with Crippen molar-refractivity contribution in [1.82, 2.24) is 30.0 Å². The molecule has 4 heterocycles. The van der Waals surface area contributed by atoms with Gasteiger partial charge in [0.1, 0.15) is 5.82 Å². The van der Waals surface area contributed by atoms with Gasteiger partial charge in [0.15, 0.2) is 0 Å². The summed E-state index contributed by atoms with van der Waals surface area (Å²) < 4.78 is 7.31. The van der Waals surface area contributed by atoms with Gasteiger partial charge in [-0.25, -0.2) is 19.6 Å². The Kier molecular flexibility index (Phi) is 6.69. The molecule has 1 amide bonds. The molecule has 0 spiro atoms. The van der Waals surface area contributed by atoms with Crippen LogP contribution in [0.2, 0.25) is 0 Å². The van der Waals surface area contributed by atoms with Gasteiger partial charge in [0.05, 0.1) is 24.8 Å². The van der Waals surface area contributed by atoms with E-state index in [4.69, 9.17) is 4.74 Å². The smallest absolute Gasteiger partial charge is 0.251 e. The van der Waals surface area contributed by atoms with Crippen LogP contribution in [0, 0.1) is 27.7 Å². The fourth-order valence-corrected chi connectivity index (χ4v) is 4.09. The highest BCUT2D eigenvalue weighted by Gasteiger charge is 2.19. The van der Waals surface area contributed by atoms with Crippen molar-refractivity contribution in [2.24, 2.45) is 0 Å². The van der Waals surface area contributed by atoms with Gasteiger partial charge >= 0.3 is 0 Å². The minimum atomic E-state index is -0.0619. The number of ether oxygens (including phenoxy) is 1. The Balaban J connectivity index is 1.38. The molecule has 3 aromatic rings. The van der Waals surface area contributed by atoms with Crippen LogP contribution in [0.5, 0.6) is 0 Å². The van der Waals surface area contributed by atoms with E-state index in [-0.39, 0.29) is 18.4 Å². The van der Waals surface area contributed by atoms with E-state index >= 15 is 0 Å². The average Bonchev–Trinajstić information content (AvgIpc) is 3.06. The van der Waals surface area contributed by atoms with Gasteiger partial charge in [-0.2, -0.15) is 5.10 Å². The number of pyridine rings is 1. The quantitative estimate of drug-likeness (QED) is 0.617. The van der Waals surface area contributed by atoms with E-state index in [9.17, 15) is 4.79 Å². The highest BCUT2D eigenvalue weighted by molar-refractivity contribution is 5.79. The number of carbonyl (C=O) groups is 1. The van der Waals surface area contributed by atoms with Gasteiger partial charge < -0.3 is 15.0 Å². The molecule has 1 aliphatic rings. The zero-order valence-corrected chi connectivity index (χ0v) is 19.9. The zero-order chi connectivity index (χ0) is 23.5. The van der Waals surface area contributed by atoms with Crippen LogP contribution >= 0.6 is 0 Å². The van der Waals surface area contributed by atoms with E-state index in [0.717, 1.165) is 52.8 Å². The first-order valence-electron chi connectivity index (χ1n) is 11.3. The second kappa shape index (κ2) is 9.66. The van der Waals surface area contributed by atoms with E-state index in [1.54, 1.807) is 4.68 Å². The Labute approximate surface area is 194 Å². The first-order chi connectivity index (χ1) is 15.8. The van der Waals surface area contributed by atoms with Crippen molar-refractivity contribution >= 4 is 11.7 Å². The average molecular weight is 450 g/mol. The molecule has 0 radical (unpaired) electrons. The molecule has 1 unspecified atom stereocenters. The summed E-state index contributed by atoms with van der Waals surface area (Å²) in [7, 11) is 0. The molecule has 33 heavy (non-hydrogen) atoms. The standard InChI is InChI=1S/C24H31N7O2/c1-15-10-16(2)28-24(27-15)31-19(5)21(18(4)29-31)11-23(32)26-13-20-6-7-22(25-12-20)30-8-9-33-17(3)14-30/h6-7,10,12,17H,8-9,11,13-14H2,1-5H3,(H,26,32). The third-order valence-corrected chi connectivity index (χ3v) is 5.80. The van der Waals surface area contributed by atoms with E-state index in [2.05, 4.69) is 37.2 Å². The molecule has 174 valence electrons. The summed E-state index contributed by atoms with van der Waals surface area (Å²) >= 11 is 0. The summed E-state index contributed by atoms with van der Waals surface area (Å²) in [5.41, 5.74) is 5.29. The van der Waals surface area contributed by atoms with Crippen LogP contribution in [0.25, 0.3) is 5.95 Å². The summed E-state index contributed by atoms with van der Waals surface area (Å²) in [6, 6.07) is 5.93. The van der Waals surface area contributed by atoms with Crippen LogP contribution in [0.15, 0.2) is 24.4 Å². The monoisotopic (exact) mass is 449 g/mol. The molecule has 0 aliphatic carbocycles. The molecule has 1 fully saturated rings. The molecule has 0 aromatic carbocycles. The highest BCUT2D eigenvalue weighted by atomic mass is 16.5. The Bertz CT molecular complexity index is 1120. The minimum absolute atomic E-state index is 0.0619. The summed E-state index contributed by atoms with van der Waals surface area (Å²) in [6.07, 6.45) is 2.28. The van der Waals surface area contributed by atoms with Gasteiger partial charge in [-0.05, 0) is 52.3 Å². The Morgan fingerprint density at radius 2 is 1.94 bits per heavy atom. The van der Waals surface area contributed by atoms with Crippen molar-refractivity contribution in [3.63, 3.8) is 0 Å². The number of nitrogens with zero attached hydrogens (tertiary/aromatic N) is 6. The van der Waals surface area contributed by atoms with E-state index in [1.807, 2.05) is 52.1 Å². The Hall–Kier alpha value is -3.33. The molecule has 3 aromatic heterocycles. The fraction of sp³-hybridized carbons (Fsp3) is 0.458. The van der Waals surface area contributed by atoms with Crippen molar-refractivity contribution in [1.29, 1.82) is 0 Å². The first kappa shape index (κ1) is 22.8. The molecule has 9 heteroatoms. The van der Waals surface area contributed by atoms with E-state index in [0.29, 0.717) is 19.1 Å². The maximum absolute atomic E-state index is 12.7. The van der Waals surface area contributed by atoms with E-state index in [1.165, 1.54) is 0 Å². The van der Waals surface area contributed by atoms with Crippen molar-refractivity contribution < 1.29 is 9.53 Å². The largest absolute Gasteiger partial charge is 0.375 e. The lowest BCUT2D eigenvalue weighted by molar-refractivity contribution is -0.120. The number of hydrogen-bond donors (Lipinski definition) is 1. The van der Waals surface area contributed by atoms with Gasteiger partial charge in [-0.15, -0.1) is 0 Å². The lowest BCUT2D eigenvalue weighted by Crippen LogP contribution is -2.41. The molecule has 1 N–H and O–H groups in total. The van der Waals surface area contributed by atoms with Crippen LogP contribution in [0.1, 0.15) is 40.8 Å². The van der Waals surface area contributed by atoms with Gasteiger partial charge in [-0.3, -0.25) is 4.79 Å². The number of rotatable bonds is 6. The second-order valence-corrected chi connectivity index (χ2v) is 8.62. The third kappa shape index (κ3) is 5.36. The molecular weight excluding hydrogens is 418 g/mol. The number of anilines is 1. The lowest BCUT2D eigenvalue weighted by Gasteiger charge is -2.32. The maximum Gasteiger partial charge on any atom is 0.251 e. The number of morpholine rings is 1. The predicted octanol–water partition coefficient (Wildman–Crippen LogP) is 2.37. The highest BCUT2D eigenvalue weighted by Crippen LogP contribution is 2.18. The minimum Gasteiger partial charge on any atom is -0.375 e. The second-order valence-electron chi connectivity index (χ2n) is 8.62. The number of aryl methyl sites for hydroxylation is 3. The SMILES string of the molecule is Cc1cc(C)nc(-n2nc(C)c(CC(=O)NCc3ccc(N4CCOC(C)C4)nc3)c2C)n1.